The van der Waals surface area contributed by atoms with Crippen LogP contribution in [0.15, 0.2) is 0 Å². The third kappa shape index (κ3) is 12.3. The van der Waals surface area contributed by atoms with Crippen molar-refractivity contribution in [1.29, 1.82) is 0 Å². The van der Waals surface area contributed by atoms with Crippen LogP contribution in [0.2, 0.25) is 0 Å². The van der Waals surface area contributed by atoms with E-state index in [9.17, 15) is 19.2 Å². The third-order valence-electron chi connectivity index (χ3n) is 10.9. The monoisotopic (exact) mass is 746 g/mol. The number of esters is 4. The lowest BCUT2D eigenvalue weighted by Crippen LogP contribution is -2.64. The van der Waals surface area contributed by atoms with Gasteiger partial charge in [0, 0.05) is 26.3 Å². The van der Waals surface area contributed by atoms with Gasteiger partial charge in [0.15, 0.2) is 18.3 Å². The van der Waals surface area contributed by atoms with Crippen molar-refractivity contribution in [2.75, 3.05) is 7.11 Å². The molecule has 1 fully saturated rings. The molecule has 0 aromatic heterocycles. The fraction of sp³-hybridized carbons (Fsp3) is 0.762. The molecule has 2 aliphatic heterocycles. The van der Waals surface area contributed by atoms with Gasteiger partial charge in [-0.1, -0.05) is 72.6 Å². The van der Waals surface area contributed by atoms with Crippen molar-refractivity contribution in [2.45, 2.75) is 183 Å². The van der Waals surface area contributed by atoms with E-state index >= 15 is 0 Å². The highest BCUT2D eigenvalue weighted by Crippen LogP contribution is 2.46. The summed E-state index contributed by atoms with van der Waals surface area (Å²) < 4.78 is 40.8. The van der Waals surface area contributed by atoms with Gasteiger partial charge in [-0.15, -0.1) is 0 Å². The minimum absolute atomic E-state index is 0.298. The normalized spacial score (nSPS) is 25.0. The van der Waals surface area contributed by atoms with Gasteiger partial charge in [0.25, 0.3) is 0 Å². The zero-order chi connectivity index (χ0) is 39.6. The Labute approximate surface area is 317 Å². The molecule has 2 heterocycles. The molecule has 3 rings (SSSR count). The lowest BCUT2D eigenvalue weighted by molar-refractivity contribution is -0.282. The van der Waals surface area contributed by atoms with Gasteiger partial charge in [0.1, 0.15) is 17.1 Å². The van der Waals surface area contributed by atoms with Gasteiger partial charge in [-0.05, 0) is 87.8 Å². The van der Waals surface area contributed by atoms with Crippen molar-refractivity contribution >= 4 is 23.9 Å². The number of benzene rings is 1. The standard InChI is InChI=1S/C42H66O11/c1-24(2)16-13-17-25(3)18-14-19-26(4)20-15-22-42(11)23-21-33-29(7)34(27(5)28(6)35(33)53-42)51-41-39(50-32(10)45)37(49-31(9)44)36(48-30(8)43)38(52-41)40(46)47-12/h24-26,36-39,41H,13-23H2,1-12H3/t25-,26-,36+,37+,38+,39-,41-,42-/m1/s1. The maximum absolute atomic E-state index is 12.9. The van der Waals surface area contributed by atoms with Crippen molar-refractivity contribution in [3.8, 4) is 11.5 Å². The number of methoxy groups -OCH3 is 1. The number of ether oxygens (including phenoxy) is 7. The predicted molar refractivity (Wildman–Crippen MR) is 201 cm³/mol. The Morgan fingerprint density at radius 1 is 0.736 bits per heavy atom. The maximum Gasteiger partial charge on any atom is 0.339 e. The average molecular weight is 747 g/mol. The lowest BCUT2D eigenvalue weighted by Gasteiger charge is -2.43. The molecule has 0 saturated carbocycles. The summed E-state index contributed by atoms with van der Waals surface area (Å²) in [5.74, 6) is 0.467. The highest BCUT2D eigenvalue weighted by Gasteiger charge is 2.56. The summed E-state index contributed by atoms with van der Waals surface area (Å²) in [5.41, 5.74) is 3.22. The Kier molecular flexibility index (Phi) is 16.5. The van der Waals surface area contributed by atoms with Crippen LogP contribution in [0.3, 0.4) is 0 Å². The topological polar surface area (TPSA) is 133 Å². The molecule has 11 nitrogen and oxygen atoms in total. The number of carbonyl (C=O) groups excluding carboxylic acids is 4. The Balaban J connectivity index is 1.76. The van der Waals surface area contributed by atoms with Gasteiger partial charge in [-0.2, -0.15) is 0 Å². The van der Waals surface area contributed by atoms with Crippen LogP contribution in [0.1, 0.15) is 142 Å². The molecule has 1 aromatic carbocycles. The summed E-state index contributed by atoms with van der Waals surface area (Å²) in [6.07, 6.45) is 5.46. The molecule has 2 aliphatic rings. The number of hydrogen-bond acceptors (Lipinski definition) is 11. The van der Waals surface area contributed by atoms with E-state index in [0.717, 1.165) is 86.5 Å². The Bertz CT molecular complexity index is 1420. The van der Waals surface area contributed by atoms with E-state index < -0.39 is 54.6 Å². The fourth-order valence-corrected chi connectivity index (χ4v) is 7.73. The van der Waals surface area contributed by atoms with Crippen LogP contribution in [0.25, 0.3) is 0 Å². The van der Waals surface area contributed by atoms with Gasteiger partial charge < -0.3 is 33.2 Å². The van der Waals surface area contributed by atoms with E-state index in [4.69, 9.17) is 33.2 Å². The van der Waals surface area contributed by atoms with E-state index in [0.29, 0.717) is 11.7 Å². The largest absolute Gasteiger partial charge is 0.487 e. The molecule has 1 saturated heterocycles. The highest BCUT2D eigenvalue weighted by atomic mass is 16.7. The predicted octanol–water partition coefficient (Wildman–Crippen LogP) is 8.21. The Hall–Kier alpha value is -3.34. The first-order valence-electron chi connectivity index (χ1n) is 19.6. The van der Waals surface area contributed by atoms with Crippen molar-refractivity contribution in [1.82, 2.24) is 0 Å². The van der Waals surface area contributed by atoms with Crippen molar-refractivity contribution < 1.29 is 52.3 Å². The van der Waals surface area contributed by atoms with Crippen LogP contribution in [0.5, 0.6) is 11.5 Å². The van der Waals surface area contributed by atoms with Gasteiger partial charge in [-0.3, -0.25) is 14.4 Å². The molecule has 0 bridgehead atoms. The second-order valence-corrected chi connectivity index (χ2v) is 16.2. The molecule has 1 aromatic rings. The molecule has 0 aliphatic carbocycles. The lowest BCUT2D eigenvalue weighted by atomic mass is 9.83. The molecule has 0 radical (unpaired) electrons. The van der Waals surface area contributed by atoms with Crippen LogP contribution in [0, 0.1) is 38.5 Å². The van der Waals surface area contributed by atoms with Crippen molar-refractivity contribution in [3.63, 3.8) is 0 Å². The molecule has 0 spiro atoms. The SMILES string of the molecule is COC(=O)[C@H]1O[C@@H](Oc2c(C)c(C)c3c(c2C)CC[C@@](C)(CCC[C@H](C)CCC[C@H](C)CCCC(C)C)O3)[C@H](OC(C)=O)[C@@H](OC(C)=O)[C@@H]1OC(C)=O. The Morgan fingerprint density at radius 3 is 1.81 bits per heavy atom. The zero-order valence-electron chi connectivity index (χ0n) is 34.4. The smallest absolute Gasteiger partial charge is 0.339 e. The molecule has 11 heteroatoms. The van der Waals surface area contributed by atoms with Crippen LogP contribution >= 0.6 is 0 Å². The highest BCUT2D eigenvalue weighted by molar-refractivity contribution is 5.77. The second kappa shape index (κ2) is 19.8. The third-order valence-corrected chi connectivity index (χ3v) is 10.9. The molecule has 0 unspecified atom stereocenters. The van der Waals surface area contributed by atoms with E-state index in [1.807, 2.05) is 20.8 Å². The van der Waals surface area contributed by atoms with E-state index in [1.165, 1.54) is 51.9 Å². The molecule has 300 valence electrons. The number of fused-ring (bicyclic) bond motifs is 1. The molecule has 0 N–H and O–H groups in total. The first kappa shape index (κ1) is 44.1. The summed E-state index contributed by atoms with van der Waals surface area (Å²) in [6, 6.07) is 0. The van der Waals surface area contributed by atoms with Gasteiger partial charge in [0.05, 0.1) is 7.11 Å². The summed E-state index contributed by atoms with van der Waals surface area (Å²) in [4.78, 5) is 49.6. The fourth-order valence-electron chi connectivity index (χ4n) is 7.73. The zero-order valence-corrected chi connectivity index (χ0v) is 34.4. The summed E-state index contributed by atoms with van der Waals surface area (Å²) in [5, 5.41) is 0. The maximum atomic E-state index is 12.9. The first-order valence-corrected chi connectivity index (χ1v) is 19.6. The number of carbonyl (C=O) groups is 4. The molecular formula is C42H66O11. The average Bonchev–Trinajstić information content (AvgIpc) is 3.06. The van der Waals surface area contributed by atoms with E-state index in [1.54, 1.807) is 0 Å². The minimum atomic E-state index is -1.54. The van der Waals surface area contributed by atoms with Crippen LogP contribution in [-0.2, 0) is 49.3 Å². The second-order valence-electron chi connectivity index (χ2n) is 16.2. The van der Waals surface area contributed by atoms with Gasteiger partial charge >= 0.3 is 23.9 Å². The quantitative estimate of drug-likeness (QED) is 0.106. The molecule has 0 amide bonds. The minimum Gasteiger partial charge on any atom is -0.487 e. The molecule has 53 heavy (non-hydrogen) atoms. The number of hydrogen-bond donors (Lipinski definition) is 0. The van der Waals surface area contributed by atoms with E-state index in [2.05, 4.69) is 34.6 Å². The Morgan fingerprint density at radius 2 is 1.26 bits per heavy atom. The van der Waals surface area contributed by atoms with Gasteiger partial charge in [-0.25, -0.2) is 4.79 Å². The van der Waals surface area contributed by atoms with Crippen molar-refractivity contribution in [2.24, 2.45) is 17.8 Å². The summed E-state index contributed by atoms with van der Waals surface area (Å²) >= 11 is 0. The molecule has 8 atom stereocenters. The van der Waals surface area contributed by atoms with Crippen LogP contribution in [0.4, 0.5) is 0 Å². The van der Waals surface area contributed by atoms with E-state index in [-0.39, 0.29) is 5.60 Å². The summed E-state index contributed by atoms with van der Waals surface area (Å²) in [6.45, 7) is 20.9. The first-order chi connectivity index (χ1) is 24.9. The summed E-state index contributed by atoms with van der Waals surface area (Å²) in [7, 11) is 1.15. The van der Waals surface area contributed by atoms with Crippen LogP contribution < -0.4 is 9.47 Å². The number of rotatable bonds is 18. The van der Waals surface area contributed by atoms with Crippen LogP contribution in [-0.4, -0.2) is 67.3 Å². The molecular weight excluding hydrogens is 680 g/mol. The van der Waals surface area contributed by atoms with Gasteiger partial charge in [0.2, 0.25) is 12.4 Å². The van der Waals surface area contributed by atoms with Crippen molar-refractivity contribution in [3.05, 3.63) is 22.3 Å².